The largest absolute Gasteiger partial charge is 0.496 e. The maximum Gasteiger partial charge on any atom is 0.252 e. The number of hydrogen-bond acceptors (Lipinski definition) is 5. The summed E-state index contributed by atoms with van der Waals surface area (Å²) in [6.07, 6.45) is 1.52. The number of carbonyl (C=O) groups excluding carboxylic acids is 1. The van der Waals surface area contributed by atoms with Crippen molar-refractivity contribution in [2.24, 2.45) is 11.5 Å². The first-order chi connectivity index (χ1) is 9.91. The van der Waals surface area contributed by atoms with Gasteiger partial charge in [-0.2, -0.15) is 4.31 Å². The molecule has 1 aromatic rings. The van der Waals surface area contributed by atoms with Gasteiger partial charge in [-0.15, -0.1) is 12.4 Å². The summed E-state index contributed by atoms with van der Waals surface area (Å²) < 4.78 is 31.7. The van der Waals surface area contributed by atoms with Crippen LogP contribution in [0.1, 0.15) is 23.2 Å². The molecule has 0 saturated carbocycles. The Kier molecular flexibility index (Phi) is 6.18. The average molecular weight is 350 g/mol. The lowest BCUT2D eigenvalue weighted by atomic mass is 10.2. The van der Waals surface area contributed by atoms with Crippen molar-refractivity contribution in [3.63, 3.8) is 0 Å². The number of halogens is 1. The maximum atomic E-state index is 12.7. The van der Waals surface area contributed by atoms with Gasteiger partial charge in [0.2, 0.25) is 10.0 Å². The van der Waals surface area contributed by atoms with E-state index in [1.54, 1.807) is 0 Å². The number of hydrogen-bond donors (Lipinski definition) is 2. The van der Waals surface area contributed by atoms with Crippen LogP contribution in [0.4, 0.5) is 0 Å². The van der Waals surface area contributed by atoms with Gasteiger partial charge in [0.1, 0.15) is 5.75 Å². The summed E-state index contributed by atoms with van der Waals surface area (Å²) in [6.45, 7) is 0.709. The predicted octanol–water partition coefficient (Wildman–Crippen LogP) is 0.328. The van der Waals surface area contributed by atoms with Gasteiger partial charge in [0.05, 0.1) is 17.6 Å². The summed E-state index contributed by atoms with van der Waals surface area (Å²) in [7, 11) is -2.30. The lowest BCUT2D eigenvalue weighted by Crippen LogP contribution is -2.39. The van der Waals surface area contributed by atoms with Crippen LogP contribution in [0.15, 0.2) is 23.1 Å². The molecule has 9 heteroatoms. The van der Waals surface area contributed by atoms with Gasteiger partial charge in [-0.1, -0.05) is 0 Å². The zero-order valence-electron chi connectivity index (χ0n) is 12.2. The molecule has 1 aromatic carbocycles. The molecule has 1 amide bonds. The fourth-order valence-electron chi connectivity index (χ4n) is 2.54. The smallest absolute Gasteiger partial charge is 0.252 e. The van der Waals surface area contributed by atoms with Crippen molar-refractivity contribution in [2.45, 2.75) is 23.8 Å². The Morgan fingerprint density at radius 1 is 1.45 bits per heavy atom. The molecule has 0 aromatic heterocycles. The third-order valence-corrected chi connectivity index (χ3v) is 5.59. The lowest BCUT2D eigenvalue weighted by Gasteiger charge is -2.23. The standard InChI is InChI=1S/C13H19N3O4S.ClH/c1-20-12-5-4-10(7-11(12)13(15)17)21(18,19)16-6-2-3-9(16)8-14;/h4-5,7,9H,2-3,6,8,14H2,1H3,(H2,15,17);1H. The van der Waals surface area contributed by atoms with E-state index in [0.29, 0.717) is 6.54 Å². The maximum absolute atomic E-state index is 12.7. The molecule has 1 saturated heterocycles. The van der Waals surface area contributed by atoms with Crippen LogP contribution in [0.2, 0.25) is 0 Å². The summed E-state index contributed by atoms with van der Waals surface area (Å²) >= 11 is 0. The SMILES string of the molecule is COc1ccc(S(=O)(=O)N2CCCC2CN)cc1C(N)=O.Cl. The molecular formula is C13H20ClN3O4S. The number of methoxy groups -OCH3 is 1. The van der Waals surface area contributed by atoms with E-state index in [2.05, 4.69) is 0 Å². The Bertz CT molecular complexity index is 651. The summed E-state index contributed by atoms with van der Waals surface area (Å²) in [6, 6.07) is 3.89. The van der Waals surface area contributed by atoms with Crippen LogP contribution >= 0.6 is 12.4 Å². The molecule has 0 spiro atoms. The highest BCUT2D eigenvalue weighted by Crippen LogP contribution is 2.28. The second-order valence-electron chi connectivity index (χ2n) is 4.87. The zero-order chi connectivity index (χ0) is 15.6. The molecule has 2 rings (SSSR count). The molecule has 1 heterocycles. The molecule has 1 aliphatic rings. The fraction of sp³-hybridized carbons (Fsp3) is 0.462. The van der Waals surface area contributed by atoms with E-state index >= 15 is 0 Å². The van der Waals surface area contributed by atoms with Crippen molar-refractivity contribution >= 4 is 28.3 Å². The Labute approximate surface area is 136 Å². The zero-order valence-corrected chi connectivity index (χ0v) is 13.8. The van der Waals surface area contributed by atoms with Crippen LogP contribution in [-0.2, 0) is 10.0 Å². The average Bonchev–Trinajstić information content (AvgIpc) is 2.95. The number of amides is 1. The first kappa shape index (κ1) is 18.7. The molecular weight excluding hydrogens is 330 g/mol. The Morgan fingerprint density at radius 2 is 2.14 bits per heavy atom. The summed E-state index contributed by atoms with van der Waals surface area (Å²) in [5.41, 5.74) is 10.9. The van der Waals surface area contributed by atoms with Crippen molar-refractivity contribution in [1.29, 1.82) is 0 Å². The van der Waals surface area contributed by atoms with Gasteiger partial charge in [0.15, 0.2) is 0 Å². The van der Waals surface area contributed by atoms with Gasteiger partial charge in [0, 0.05) is 19.1 Å². The summed E-state index contributed by atoms with van der Waals surface area (Å²) in [4.78, 5) is 11.4. The predicted molar refractivity (Wildman–Crippen MR) is 84.7 cm³/mol. The topological polar surface area (TPSA) is 116 Å². The highest BCUT2D eigenvalue weighted by Gasteiger charge is 2.34. The number of sulfonamides is 1. The van der Waals surface area contributed by atoms with Crippen LogP contribution in [0.5, 0.6) is 5.75 Å². The fourth-order valence-corrected chi connectivity index (χ4v) is 4.27. The molecule has 1 aliphatic heterocycles. The van der Waals surface area contributed by atoms with E-state index in [1.807, 2.05) is 0 Å². The second-order valence-corrected chi connectivity index (χ2v) is 6.76. The lowest BCUT2D eigenvalue weighted by molar-refractivity contribution is 0.0997. The van der Waals surface area contributed by atoms with E-state index in [9.17, 15) is 13.2 Å². The van der Waals surface area contributed by atoms with Gasteiger partial charge in [-0.05, 0) is 31.0 Å². The molecule has 0 bridgehead atoms. The normalized spacial score (nSPS) is 18.7. The number of benzene rings is 1. The van der Waals surface area contributed by atoms with E-state index in [0.717, 1.165) is 12.8 Å². The van der Waals surface area contributed by atoms with Gasteiger partial charge in [0.25, 0.3) is 5.91 Å². The number of primary amides is 1. The molecule has 0 aliphatic carbocycles. The van der Waals surface area contributed by atoms with Gasteiger partial charge in [-0.25, -0.2) is 8.42 Å². The minimum Gasteiger partial charge on any atom is -0.496 e. The molecule has 1 unspecified atom stereocenters. The Hall–Kier alpha value is -1.35. The summed E-state index contributed by atoms with van der Waals surface area (Å²) in [5.74, 6) is -0.487. The van der Waals surface area contributed by atoms with Crippen LogP contribution < -0.4 is 16.2 Å². The first-order valence-electron chi connectivity index (χ1n) is 6.61. The summed E-state index contributed by atoms with van der Waals surface area (Å²) in [5, 5.41) is 0. The number of nitrogens with two attached hydrogens (primary N) is 2. The minimum absolute atomic E-state index is 0. The van der Waals surface area contributed by atoms with Crippen molar-refractivity contribution in [1.82, 2.24) is 4.31 Å². The van der Waals surface area contributed by atoms with Crippen molar-refractivity contribution < 1.29 is 17.9 Å². The highest BCUT2D eigenvalue weighted by molar-refractivity contribution is 7.89. The number of ether oxygens (including phenoxy) is 1. The Balaban J connectivity index is 0.00000242. The molecule has 1 atom stereocenters. The molecule has 0 radical (unpaired) electrons. The van der Waals surface area contributed by atoms with E-state index < -0.39 is 15.9 Å². The molecule has 1 fully saturated rings. The van der Waals surface area contributed by atoms with Gasteiger partial charge < -0.3 is 16.2 Å². The Morgan fingerprint density at radius 3 is 2.68 bits per heavy atom. The van der Waals surface area contributed by atoms with Crippen LogP contribution in [0, 0.1) is 0 Å². The molecule has 7 nitrogen and oxygen atoms in total. The first-order valence-corrected chi connectivity index (χ1v) is 8.05. The number of rotatable bonds is 5. The third-order valence-electron chi connectivity index (χ3n) is 3.64. The molecule has 4 N–H and O–H groups in total. The minimum atomic E-state index is -3.69. The van der Waals surface area contributed by atoms with Crippen molar-refractivity contribution in [3.8, 4) is 5.75 Å². The van der Waals surface area contributed by atoms with Gasteiger partial charge >= 0.3 is 0 Å². The van der Waals surface area contributed by atoms with Gasteiger partial charge in [-0.3, -0.25) is 4.79 Å². The van der Waals surface area contributed by atoms with Crippen LogP contribution in [0.25, 0.3) is 0 Å². The van der Waals surface area contributed by atoms with Crippen molar-refractivity contribution in [2.75, 3.05) is 20.2 Å². The quantitative estimate of drug-likeness (QED) is 0.794. The van der Waals surface area contributed by atoms with E-state index in [-0.39, 0.29) is 41.2 Å². The third kappa shape index (κ3) is 3.35. The highest BCUT2D eigenvalue weighted by atomic mass is 35.5. The number of nitrogens with zero attached hydrogens (tertiary/aromatic N) is 1. The van der Waals surface area contributed by atoms with E-state index in [1.165, 1.54) is 29.6 Å². The van der Waals surface area contributed by atoms with E-state index in [4.69, 9.17) is 16.2 Å². The van der Waals surface area contributed by atoms with Crippen LogP contribution in [-0.4, -0.2) is 44.9 Å². The second kappa shape index (κ2) is 7.28. The van der Waals surface area contributed by atoms with Crippen LogP contribution in [0.3, 0.4) is 0 Å². The van der Waals surface area contributed by atoms with Crippen molar-refractivity contribution in [3.05, 3.63) is 23.8 Å². The monoisotopic (exact) mass is 349 g/mol. The molecule has 22 heavy (non-hydrogen) atoms. The molecule has 124 valence electrons. The number of carbonyl (C=O) groups is 1.